The predicted molar refractivity (Wildman–Crippen MR) is 135 cm³/mol. The van der Waals surface area contributed by atoms with Crippen LogP contribution in [-0.4, -0.2) is 45.1 Å². The smallest absolute Gasteiger partial charge is 0.309 e. The highest BCUT2D eigenvalue weighted by atomic mass is 16.5. The van der Waals surface area contributed by atoms with Gasteiger partial charge in [-0.1, -0.05) is 18.7 Å². The van der Waals surface area contributed by atoms with Gasteiger partial charge in [-0.2, -0.15) is 0 Å². The Labute approximate surface area is 203 Å². The number of pyridine rings is 2. The summed E-state index contributed by atoms with van der Waals surface area (Å²) in [5.41, 5.74) is 7.53. The van der Waals surface area contributed by atoms with E-state index in [1.807, 2.05) is 43.5 Å². The Morgan fingerprint density at radius 3 is 2.71 bits per heavy atom. The van der Waals surface area contributed by atoms with Crippen LogP contribution >= 0.6 is 0 Å². The predicted octanol–water partition coefficient (Wildman–Crippen LogP) is 4.55. The van der Waals surface area contributed by atoms with Gasteiger partial charge in [-0.3, -0.25) is 14.8 Å². The number of carbonyl (C=O) groups excluding carboxylic acids is 1. The molecule has 2 N–H and O–H groups in total. The highest BCUT2D eigenvalue weighted by Crippen LogP contribution is 2.43. The SMILES string of the molecule is C=C(c1cnc2ccc(-c3nc[nH]c3-c3cccc(C)n3)cc2c1)C1CC(C(=O)OC2CNC2)C1. The van der Waals surface area contributed by atoms with Gasteiger partial charge < -0.3 is 15.0 Å². The molecule has 2 fully saturated rings. The lowest BCUT2D eigenvalue weighted by atomic mass is 9.70. The first-order valence-corrected chi connectivity index (χ1v) is 12.0. The molecule has 1 aliphatic carbocycles. The van der Waals surface area contributed by atoms with Crippen LogP contribution in [0.15, 0.2) is 61.6 Å². The number of carbonyl (C=O) groups is 1. The van der Waals surface area contributed by atoms with E-state index < -0.39 is 0 Å². The lowest BCUT2D eigenvalue weighted by Gasteiger charge is -2.37. The Morgan fingerprint density at radius 1 is 1.09 bits per heavy atom. The lowest BCUT2D eigenvalue weighted by Crippen LogP contribution is -2.50. The number of aromatic amines is 1. The van der Waals surface area contributed by atoms with E-state index in [0.29, 0.717) is 0 Å². The van der Waals surface area contributed by atoms with Gasteiger partial charge in [0.15, 0.2) is 0 Å². The number of H-pyrrole nitrogens is 1. The van der Waals surface area contributed by atoms with Crippen molar-refractivity contribution in [3.05, 3.63) is 72.8 Å². The highest BCUT2D eigenvalue weighted by molar-refractivity contribution is 5.89. The molecule has 0 atom stereocenters. The van der Waals surface area contributed by atoms with E-state index in [0.717, 1.165) is 76.3 Å². The molecule has 0 spiro atoms. The zero-order valence-corrected chi connectivity index (χ0v) is 19.6. The molecular formula is C28H27N5O2. The Hall–Kier alpha value is -3.84. The molecule has 6 rings (SSSR count). The molecule has 7 nitrogen and oxygen atoms in total. The fraction of sp³-hybridized carbons (Fsp3) is 0.286. The molecule has 35 heavy (non-hydrogen) atoms. The van der Waals surface area contributed by atoms with Crippen molar-refractivity contribution in [2.75, 3.05) is 13.1 Å². The maximum Gasteiger partial charge on any atom is 0.309 e. The van der Waals surface area contributed by atoms with E-state index in [-0.39, 0.29) is 23.9 Å². The van der Waals surface area contributed by atoms with E-state index in [1.165, 1.54) is 0 Å². The minimum absolute atomic E-state index is 0.0225. The molecule has 0 unspecified atom stereocenters. The molecular weight excluding hydrogens is 438 g/mol. The van der Waals surface area contributed by atoms with Crippen LogP contribution < -0.4 is 5.32 Å². The summed E-state index contributed by atoms with van der Waals surface area (Å²) in [6.45, 7) is 7.85. The zero-order chi connectivity index (χ0) is 23.9. The molecule has 2 aliphatic rings. The van der Waals surface area contributed by atoms with Crippen molar-refractivity contribution in [1.29, 1.82) is 0 Å². The Kier molecular flexibility index (Phi) is 5.41. The van der Waals surface area contributed by atoms with Gasteiger partial charge in [0.05, 0.1) is 34.8 Å². The molecule has 1 saturated heterocycles. The van der Waals surface area contributed by atoms with Crippen LogP contribution in [0, 0.1) is 18.8 Å². The van der Waals surface area contributed by atoms with E-state index in [4.69, 9.17) is 4.74 Å². The van der Waals surface area contributed by atoms with Gasteiger partial charge in [0, 0.05) is 35.9 Å². The van der Waals surface area contributed by atoms with Crippen LogP contribution in [0.4, 0.5) is 0 Å². The van der Waals surface area contributed by atoms with E-state index in [2.05, 4.69) is 44.0 Å². The number of nitrogens with one attached hydrogen (secondary N) is 2. The third kappa shape index (κ3) is 4.12. The van der Waals surface area contributed by atoms with Crippen LogP contribution in [0.3, 0.4) is 0 Å². The zero-order valence-electron chi connectivity index (χ0n) is 19.6. The average Bonchev–Trinajstić information content (AvgIpc) is 3.30. The first-order valence-electron chi connectivity index (χ1n) is 12.0. The van der Waals surface area contributed by atoms with Gasteiger partial charge in [-0.05, 0) is 67.2 Å². The summed E-state index contributed by atoms with van der Waals surface area (Å²) >= 11 is 0. The Balaban J connectivity index is 1.22. The van der Waals surface area contributed by atoms with E-state index in [9.17, 15) is 4.79 Å². The Morgan fingerprint density at radius 2 is 1.94 bits per heavy atom. The second kappa shape index (κ2) is 8.74. The van der Waals surface area contributed by atoms with Gasteiger partial charge in [-0.25, -0.2) is 4.98 Å². The number of rotatable bonds is 6. The van der Waals surface area contributed by atoms with Crippen LogP contribution in [0.2, 0.25) is 0 Å². The number of ether oxygens (including phenoxy) is 1. The lowest BCUT2D eigenvalue weighted by molar-refractivity contribution is -0.160. The summed E-state index contributed by atoms with van der Waals surface area (Å²) in [6.07, 6.45) is 5.20. The van der Waals surface area contributed by atoms with Crippen molar-refractivity contribution in [1.82, 2.24) is 25.3 Å². The standard InChI is InChI=1S/C28H27N5O2/c1-16-4-3-5-25(33-16)27-26(31-15-32-27)18-6-7-24-20(8-18)11-22(12-30-24)17(2)19-9-21(10-19)28(34)35-23-13-29-14-23/h3-8,11-12,15,19,21,23,29H,2,9-10,13-14H2,1H3,(H,31,32). The molecule has 4 heterocycles. The van der Waals surface area contributed by atoms with Crippen LogP contribution in [-0.2, 0) is 9.53 Å². The molecule has 1 aliphatic heterocycles. The van der Waals surface area contributed by atoms with E-state index >= 15 is 0 Å². The number of hydrogen-bond donors (Lipinski definition) is 2. The molecule has 1 aromatic carbocycles. The minimum Gasteiger partial charge on any atom is -0.459 e. The molecule has 3 aromatic heterocycles. The van der Waals surface area contributed by atoms with Crippen LogP contribution in [0.1, 0.15) is 24.1 Å². The molecule has 7 heteroatoms. The maximum atomic E-state index is 12.3. The van der Waals surface area contributed by atoms with Crippen molar-refractivity contribution in [2.45, 2.75) is 25.9 Å². The summed E-state index contributed by atoms with van der Waals surface area (Å²) in [5, 5.41) is 4.15. The quantitative estimate of drug-likeness (QED) is 0.406. The van der Waals surface area contributed by atoms with Gasteiger partial charge in [0.2, 0.25) is 0 Å². The topological polar surface area (TPSA) is 92.8 Å². The molecule has 0 bridgehead atoms. The van der Waals surface area contributed by atoms with Gasteiger partial charge >= 0.3 is 5.97 Å². The number of esters is 1. The fourth-order valence-electron chi connectivity index (χ4n) is 4.78. The summed E-state index contributed by atoms with van der Waals surface area (Å²) in [4.78, 5) is 29.4. The molecule has 1 saturated carbocycles. The fourth-order valence-corrected chi connectivity index (χ4v) is 4.78. The maximum absolute atomic E-state index is 12.3. The van der Waals surface area contributed by atoms with Gasteiger partial charge in [-0.15, -0.1) is 0 Å². The summed E-state index contributed by atoms with van der Waals surface area (Å²) in [5.74, 6) is 0.185. The van der Waals surface area contributed by atoms with Crippen molar-refractivity contribution in [3.63, 3.8) is 0 Å². The number of aryl methyl sites for hydroxylation is 1. The second-order valence-electron chi connectivity index (χ2n) is 9.53. The molecule has 176 valence electrons. The van der Waals surface area contributed by atoms with Crippen molar-refractivity contribution < 1.29 is 9.53 Å². The molecule has 0 amide bonds. The number of allylic oxidation sites excluding steroid dienone is 1. The first kappa shape index (κ1) is 21.7. The summed E-state index contributed by atoms with van der Waals surface area (Å²) < 4.78 is 5.52. The minimum atomic E-state index is -0.0697. The Bertz CT molecular complexity index is 1430. The number of benzene rings is 1. The number of fused-ring (bicyclic) bond motifs is 1. The van der Waals surface area contributed by atoms with Crippen molar-refractivity contribution in [3.8, 4) is 22.6 Å². The third-order valence-corrected chi connectivity index (χ3v) is 7.10. The average molecular weight is 466 g/mol. The van der Waals surface area contributed by atoms with Crippen molar-refractivity contribution >= 4 is 22.4 Å². The van der Waals surface area contributed by atoms with Gasteiger partial charge in [0.25, 0.3) is 0 Å². The number of nitrogens with zero attached hydrogens (tertiary/aromatic N) is 3. The van der Waals surface area contributed by atoms with Crippen molar-refractivity contribution in [2.24, 2.45) is 11.8 Å². The monoisotopic (exact) mass is 465 g/mol. The number of hydrogen-bond acceptors (Lipinski definition) is 6. The largest absolute Gasteiger partial charge is 0.459 e. The summed E-state index contributed by atoms with van der Waals surface area (Å²) in [7, 11) is 0. The number of aromatic nitrogens is 4. The third-order valence-electron chi connectivity index (χ3n) is 7.10. The summed E-state index contributed by atoms with van der Waals surface area (Å²) in [6, 6.07) is 14.3. The molecule has 0 radical (unpaired) electrons. The highest BCUT2D eigenvalue weighted by Gasteiger charge is 2.38. The second-order valence-corrected chi connectivity index (χ2v) is 9.53. The van der Waals surface area contributed by atoms with Crippen LogP contribution in [0.5, 0.6) is 0 Å². The van der Waals surface area contributed by atoms with E-state index in [1.54, 1.807) is 6.33 Å². The first-order chi connectivity index (χ1) is 17.0. The normalized spacial score (nSPS) is 19.7. The molecule has 4 aromatic rings. The number of imidazole rings is 1. The van der Waals surface area contributed by atoms with Crippen LogP contribution in [0.25, 0.3) is 39.1 Å². The van der Waals surface area contributed by atoms with Gasteiger partial charge in [0.1, 0.15) is 6.10 Å².